The molecule has 0 atom stereocenters. The molecule has 2 aromatic heterocycles. The summed E-state index contributed by atoms with van der Waals surface area (Å²) in [6.07, 6.45) is 0. The van der Waals surface area contributed by atoms with E-state index in [4.69, 9.17) is 15.0 Å². The van der Waals surface area contributed by atoms with E-state index in [1.165, 1.54) is 0 Å². The first-order valence-electron chi connectivity index (χ1n) is 4.53. The van der Waals surface area contributed by atoms with E-state index in [-0.39, 0.29) is 0 Å². The zero-order valence-electron chi connectivity index (χ0n) is 8.05. The molecule has 0 aromatic carbocycles. The molecule has 2 aromatic rings. The Labute approximate surface area is 90.9 Å². The van der Waals surface area contributed by atoms with E-state index in [9.17, 15) is 0 Å². The van der Waals surface area contributed by atoms with Crippen LogP contribution in [0.5, 0.6) is 0 Å². The van der Waals surface area contributed by atoms with Gasteiger partial charge in [0.05, 0.1) is 6.61 Å². The number of nitrogens with two attached hydrogens (primary N) is 1. The monoisotopic (exact) mass is 225 g/mol. The van der Waals surface area contributed by atoms with Gasteiger partial charge in [-0.2, -0.15) is 16.3 Å². The quantitative estimate of drug-likeness (QED) is 0.776. The van der Waals surface area contributed by atoms with Crippen molar-refractivity contribution in [2.45, 2.75) is 6.61 Å². The highest BCUT2D eigenvalue weighted by Crippen LogP contribution is 2.18. The Hall–Kier alpha value is -1.24. The maximum absolute atomic E-state index is 5.28. The van der Waals surface area contributed by atoms with Crippen molar-refractivity contribution >= 4 is 11.3 Å². The fourth-order valence-electron chi connectivity index (χ4n) is 1.07. The van der Waals surface area contributed by atoms with E-state index in [1.54, 1.807) is 11.3 Å². The van der Waals surface area contributed by atoms with E-state index in [2.05, 4.69) is 10.1 Å². The topological polar surface area (TPSA) is 74.2 Å². The third-order valence-corrected chi connectivity index (χ3v) is 2.42. The van der Waals surface area contributed by atoms with Crippen LogP contribution in [0.2, 0.25) is 0 Å². The number of hydrogen-bond donors (Lipinski definition) is 1. The molecule has 0 unspecified atom stereocenters. The summed E-state index contributed by atoms with van der Waals surface area (Å²) in [6, 6.07) is 1.94. The van der Waals surface area contributed by atoms with E-state index < -0.39 is 0 Å². The molecule has 6 heteroatoms. The van der Waals surface area contributed by atoms with Gasteiger partial charge in [-0.1, -0.05) is 5.16 Å². The Morgan fingerprint density at radius 2 is 2.47 bits per heavy atom. The van der Waals surface area contributed by atoms with Crippen LogP contribution in [0.25, 0.3) is 11.4 Å². The van der Waals surface area contributed by atoms with Crippen LogP contribution in [0.3, 0.4) is 0 Å². The minimum absolute atomic E-state index is 0.314. The van der Waals surface area contributed by atoms with E-state index in [0.717, 1.165) is 5.56 Å². The van der Waals surface area contributed by atoms with Gasteiger partial charge in [0.15, 0.2) is 0 Å². The lowest BCUT2D eigenvalue weighted by Gasteiger charge is -1.95. The molecule has 2 N–H and O–H groups in total. The lowest BCUT2D eigenvalue weighted by atomic mass is 10.3. The van der Waals surface area contributed by atoms with Gasteiger partial charge in [0.2, 0.25) is 5.82 Å². The molecule has 0 aliphatic heterocycles. The smallest absolute Gasteiger partial charge is 0.252 e. The fourth-order valence-corrected chi connectivity index (χ4v) is 1.70. The van der Waals surface area contributed by atoms with Crippen LogP contribution in [-0.2, 0) is 11.3 Å². The van der Waals surface area contributed by atoms with Crippen LogP contribution in [-0.4, -0.2) is 23.3 Å². The molecule has 0 aliphatic carbocycles. The zero-order valence-corrected chi connectivity index (χ0v) is 8.87. The Morgan fingerprint density at radius 3 is 3.20 bits per heavy atom. The normalized spacial score (nSPS) is 10.7. The summed E-state index contributed by atoms with van der Waals surface area (Å²) in [5.41, 5.74) is 6.25. The van der Waals surface area contributed by atoms with Gasteiger partial charge < -0.3 is 15.0 Å². The van der Waals surface area contributed by atoms with Crippen molar-refractivity contribution in [1.82, 2.24) is 10.1 Å². The van der Waals surface area contributed by atoms with Gasteiger partial charge in [-0.25, -0.2) is 0 Å². The molecule has 0 saturated carbocycles. The zero-order chi connectivity index (χ0) is 10.5. The van der Waals surface area contributed by atoms with Gasteiger partial charge in [-0.15, -0.1) is 0 Å². The Bertz CT molecular complexity index is 399. The second-order valence-electron chi connectivity index (χ2n) is 2.87. The van der Waals surface area contributed by atoms with Crippen LogP contribution < -0.4 is 5.73 Å². The standard InChI is InChI=1S/C9H11N3O2S/c10-2-3-13-5-8-11-9(12-14-8)7-1-4-15-6-7/h1,4,6H,2-3,5,10H2. The molecular weight excluding hydrogens is 214 g/mol. The summed E-state index contributed by atoms with van der Waals surface area (Å²) in [5.74, 6) is 1.08. The first-order chi connectivity index (χ1) is 7.40. The molecular formula is C9H11N3O2S. The molecule has 0 aliphatic rings. The molecule has 0 amide bonds. The van der Waals surface area contributed by atoms with Crippen molar-refractivity contribution in [3.63, 3.8) is 0 Å². The van der Waals surface area contributed by atoms with Crippen LogP contribution in [0.15, 0.2) is 21.3 Å². The third-order valence-electron chi connectivity index (χ3n) is 1.74. The number of hydrogen-bond acceptors (Lipinski definition) is 6. The molecule has 80 valence electrons. The maximum atomic E-state index is 5.28. The highest BCUT2D eigenvalue weighted by Gasteiger charge is 2.08. The first-order valence-corrected chi connectivity index (χ1v) is 5.47. The lowest BCUT2D eigenvalue weighted by molar-refractivity contribution is 0.104. The van der Waals surface area contributed by atoms with E-state index in [0.29, 0.717) is 31.5 Å². The molecule has 2 rings (SSSR count). The number of aromatic nitrogens is 2. The first kappa shape index (κ1) is 10.3. The molecule has 0 bridgehead atoms. The Morgan fingerprint density at radius 1 is 1.53 bits per heavy atom. The van der Waals surface area contributed by atoms with Gasteiger partial charge in [0.1, 0.15) is 6.61 Å². The van der Waals surface area contributed by atoms with Gasteiger partial charge in [0, 0.05) is 17.5 Å². The molecule has 2 heterocycles. The molecule has 0 radical (unpaired) electrons. The molecule has 5 nitrogen and oxygen atoms in total. The van der Waals surface area contributed by atoms with Gasteiger partial charge in [0.25, 0.3) is 5.89 Å². The maximum Gasteiger partial charge on any atom is 0.252 e. The van der Waals surface area contributed by atoms with E-state index in [1.807, 2.05) is 16.8 Å². The minimum Gasteiger partial charge on any atom is -0.370 e. The second-order valence-corrected chi connectivity index (χ2v) is 3.65. The Kier molecular flexibility index (Phi) is 3.44. The van der Waals surface area contributed by atoms with E-state index >= 15 is 0 Å². The lowest BCUT2D eigenvalue weighted by Crippen LogP contribution is -2.08. The van der Waals surface area contributed by atoms with Gasteiger partial charge in [-0.05, 0) is 11.4 Å². The summed E-state index contributed by atoms with van der Waals surface area (Å²) >= 11 is 1.60. The van der Waals surface area contributed by atoms with Crippen molar-refractivity contribution in [2.75, 3.05) is 13.2 Å². The summed E-state index contributed by atoms with van der Waals surface area (Å²) in [6.45, 7) is 1.30. The fraction of sp³-hybridized carbons (Fsp3) is 0.333. The SMILES string of the molecule is NCCOCc1nc(-c2ccsc2)no1. The average Bonchev–Trinajstić information content (AvgIpc) is 2.87. The molecule has 0 fully saturated rings. The van der Waals surface area contributed by atoms with Crippen LogP contribution in [0.4, 0.5) is 0 Å². The average molecular weight is 225 g/mol. The van der Waals surface area contributed by atoms with Crippen molar-refractivity contribution in [3.8, 4) is 11.4 Å². The van der Waals surface area contributed by atoms with Crippen molar-refractivity contribution in [2.24, 2.45) is 5.73 Å². The number of ether oxygens (including phenoxy) is 1. The largest absolute Gasteiger partial charge is 0.370 e. The summed E-state index contributed by atoms with van der Waals surface area (Å²) in [5, 5.41) is 7.78. The van der Waals surface area contributed by atoms with Gasteiger partial charge >= 0.3 is 0 Å². The second kappa shape index (κ2) is 5.01. The third kappa shape index (κ3) is 2.62. The highest BCUT2D eigenvalue weighted by atomic mass is 32.1. The number of nitrogens with zero attached hydrogens (tertiary/aromatic N) is 2. The molecule has 0 saturated heterocycles. The predicted octanol–water partition coefficient (Wildman–Crippen LogP) is 1.27. The number of rotatable bonds is 5. The summed E-state index contributed by atoms with van der Waals surface area (Å²) in [4.78, 5) is 4.19. The van der Waals surface area contributed by atoms with Crippen LogP contribution in [0, 0.1) is 0 Å². The Balaban J connectivity index is 1.98. The van der Waals surface area contributed by atoms with Crippen molar-refractivity contribution < 1.29 is 9.26 Å². The van der Waals surface area contributed by atoms with Crippen LogP contribution in [0.1, 0.15) is 5.89 Å². The highest BCUT2D eigenvalue weighted by molar-refractivity contribution is 7.08. The predicted molar refractivity (Wildman–Crippen MR) is 56.3 cm³/mol. The van der Waals surface area contributed by atoms with Crippen LogP contribution >= 0.6 is 11.3 Å². The summed E-state index contributed by atoms with van der Waals surface area (Å²) < 4.78 is 10.2. The van der Waals surface area contributed by atoms with Crippen molar-refractivity contribution in [1.29, 1.82) is 0 Å². The summed E-state index contributed by atoms with van der Waals surface area (Å²) in [7, 11) is 0. The number of thiophene rings is 1. The minimum atomic E-state index is 0.314. The van der Waals surface area contributed by atoms with Crippen molar-refractivity contribution in [3.05, 3.63) is 22.7 Å². The van der Waals surface area contributed by atoms with Gasteiger partial charge in [-0.3, -0.25) is 0 Å². The molecule has 0 spiro atoms. The molecule has 15 heavy (non-hydrogen) atoms.